The van der Waals surface area contributed by atoms with Crippen LogP contribution < -0.4 is 0 Å². The van der Waals surface area contributed by atoms with Crippen LogP contribution in [0.4, 0.5) is 0 Å². The van der Waals surface area contributed by atoms with Gasteiger partial charge in [-0.2, -0.15) is 5.06 Å². The molecule has 1 aliphatic heterocycles. The van der Waals surface area contributed by atoms with Gasteiger partial charge in [0.25, 0.3) is 0 Å². The van der Waals surface area contributed by atoms with Gasteiger partial charge in [-0.1, -0.05) is 12.8 Å². The first-order chi connectivity index (χ1) is 14.6. The first kappa shape index (κ1) is 21.6. The zero-order chi connectivity index (χ0) is 20.9. The van der Waals surface area contributed by atoms with Gasteiger partial charge in [-0.05, 0) is 81.5 Å². The molecule has 10 atom stereocenters. The lowest BCUT2D eigenvalue weighted by molar-refractivity contribution is -0.259. The monoisotopic (exact) mass is 423 g/mol. The van der Waals surface area contributed by atoms with E-state index in [9.17, 15) is 5.21 Å². The van der Waals surface area contributed by atoms with Crippen molar-refractivity contribution < 1.29 is 24.2 Å². The van der Waals surface area contributed by atoms with Gasteiger partial charge < -0.3 is 24.2 Å². The van der Waals surface area contributed by atoms with Gasteiger partial charge in [-0.15, -0.1) is 0 Å². The van der Waals surface area contributed by atoms with Crippen molar-refractivity contribution in [2.24, 2.45) is 35.5 Å². The maximum Gasteiger partial charge on any atom is 0.147 e. The second-order valence-electron chi connectivity index (χ2n) is 10.8. The van der Waals surface area contributed by atoms with Gasteiger partial charge in [-0.25, -0.2) is 0 Å². The molecule has 0 aromatic rings. The van der Waals surface area contributed by atoms with Gasteiger partial charge in [-0.3, -0.25) is 0 Å². The molecule has 1 N–H and O–H groups in total. The summed E-state index contributed by atoms with van der Waals surface area (Å²) in [6.07, 6.45) is 11.1. The number of hydroxylamine groups is 2. The van der Waals surface area contributed by atoms with Crippen LogP contribution in [0, 0.1) is 35.5 Å². The third-order valence-corrected chi connectivity index (χ3v) is 9.72. The number of hydrogen-bond acceptors (Lipinski definition) is 6. The molecule has 6 heteroatoms. The van der Waals surface area contributed by atoms with Gasteiger partial charge in [0.1, 0.15) is 13.6 Å². The quantitative estimate of drug-likeness (QED) is 0.650. The maximum absolute atomic E-state index is 11.0. The van der Waals surface area contributed by atoms with E-state index in [0.29, 0.717) is 43.2 Å². The Morgan fingerprint density at radius 1 is 0.933 bits per heavy atom. The van der Waals surface area contributed by atoms with Gasteiger partial charge in [0.15, 0.2) is 0 Å². The molecule has 0 unspecified atom stereocenters. The molecule has 0 radical (unpaired) electrons. The molecule has 30 heavy (non-hydrogen) atoms. The van der Waals surface area contributed by atoms with E-state index in [1.165, 1.54) is 25.7 Å². The highest BCUT2D eigenvalue weighted by atomic mass is 16.7. The molecule has 1 heterocycles. The van der Waals surface area contributed by atoms with Crippen LogP contribution in [-0.2, 0) is 18.9 Å². The van der Waals surface area contributed by atoms with Crippen LogP contribution in [0.15, 0.2) is 0 Å². The third kappa shape index (κ3) is 3.29. The Hall–Kier alpha value is -0.240. The molecule has 0 aromatic heterocycles. The van der Waals surface area contributed by atoms with E-state index in [4.69, 9.17) is 18.9 Å². The number of methoxy groups -OCH3 is 2. The molecule has 2 bridgehead atoms. The molecular formula is C24H41NO5. The van der Waals surface area contributed by atoms with Gasteiger partial charge >= 0.3 is 0 Å². The van der Waals surface area contributed by atoms with Crippen molar-refractivity contribution in [2.45, 2.75) is 88.5 Å². The molecular weight excluding hydrogens is 382 g/mol. The van der Waals surface area contributed by atoms with Gasteiger partial charge in [0, 0.05) is 32.2 Å². The Balaban J connectivity index is 1.51. The van der Waals surface area contributed by atoms with E-state index in [0.717, 1.165) is 38.0 Å². The standard InChI is InChI=1S/C24H41NO5/c1-15-8-9-19-21(25(15)26)10-16-12-24(19,30-14-28-3)20-11-22(29-13-27-2)17-6-4-5-7-18(17)23(16)20/h15-23,26H,4-14H2,1-3H3/t15-,16-,17+,18+,19+,20+,21+,22+,23-,24+/m0/s1. The predicted octanol–water partition coefficient (Wildman–Crippen LogP) is 4.06. The Morgan fingerprint density at radius 2 is 1.70 bits per heavy atom. The fraction of sp³-hybridized carbons (Fsp3) is 1.00. The van der Waals surface area contributed by atoms with Crippen molar-refractivity contribution in [2.75, 3.05) is 27.8 Å². The predicted molar refractivity (Wildman–Crippen MR) is 112 cm³/mol. The number of nitrogens with zero attached hydrogens (tertiary/aromatic N) is 1. The lowest BCUT2D eigenvalue weighted by Gasteiger charge is -2.54. The summed E-state index contributed by atoms with van der Waals surface area (Å²) in [5.41, 5.74) is -0.188. The van der Waals surface area contributed by atoms with Crippen molar-refractivity contribution >= 4 is 0 Å². The minimum atomic E-state index is -0.188. The highest BCUT2D eigenvalue weighted by Crippen LogP contribution is 2.67. The summed E-state index contributed by atoms with van der Waals surface area (Å²) in [7, 11) is 3.45. The van der Waals surface area contributed by atoms with Crippen molar-refractivity contribution in [1.82, 2.24) is 5.06 Å². The average Bonchev–Trinajstić information content (AvgIpc) is 3.02. The first-order valence-electron chi connectivity index (χ1n) is 12.3. The van der Waals surface area contributed by atoms with Crippen molar-refractivity contribution in [1.29, 1.82) is 0 Å². The molecule has 1 saturated heterocycles. The number of ether oxygens (including phenoxy) is 4. The van der Waals surface area contributed by atoms with Crippen LogP contribution in [0.2, 0.25) is 0 Å². The normalized spacial score (nSPS) is 50.6. The third-order valence-electron chi connectivity index (χ3n) is 9.72. The van der Waals surface area contributed by atoms with Gasteiger partial charge in [0.05, 0.1) is 11.7 Å². The lowest BCUT2D eigenvalue weighted by Crippen LogP contribution is -2.61. The molecule has 5 rings (SSSR count). The molecule has 4 saturated carbocycles. The molecule has 6 nitrogen and oxygen atoms in total. The van der Waals surface area contributed by atoms with Crippen LogP contribution in [0.1, 0.15) is 64.7 Å². The van der Waals surface area contributed by atoms with E-state index in [1.807, 2.05) is 0 Å². The SMILES string of the molecule is COCO[C@@H]1C[C@@H]2[C@@H]([C@H]3C[C@@H]4[C@@H](CC[C@H](C)N4O)[C@]2(OCOC)C3)[C@@H]2CCCC[C@H]21. The highest BCUT2D eigenvalue weighted by Gasteiger charge is 2.68. The minimum Gasteiger partial charge on any atom is -0.359 e. The summed E-state index contributed by atoms with van der Waals surface area (Å²) >= 11 is 0. The van der Waals surface area contributed by atoms with E-state index in [-0.39, 0.29) is 23.8 Å². The largest absolute Gasteiger partial charge is 0.359 e. The summed E-state index contributed by atoms with van der Waals surface area (Å²) < 4.78 is 23.8. The molecule has 0 aromatic carbocycles. The molecule has 0 amide bonds. The second kappa shape index (κ2) is 8.60. The summed E-state index contributed by atoms with van der Waals surface area (Å²) in [4.78, 5) is 0. The Labute approximate surface area is 181 Å². The van der Waals surface area contributed by atoms with Crippen LogP contribution in [0.5, 0.6) is 0 Å². The van der Waals surface area contributed by atoms with Crippen molar-refractivity contribution in [3.63, 3.8) is 0 Å². The zero-order valence-corrected chi connectivity index (χ0v) is 19.0. The zero-order valence-electron chi connectivity index (χ0n) is 19.0. The van der Waals surface area contributed by atoms with Crippen LogP contribution in [-0.4, -0.2) is 61.9 Å². The van der Waals surface area contributed by atoms with Gasteiger partial charge in [0.2, 0.25) is 0 Å². The van der Waals surface area contributed by atoms with Crippen molar-refractivity contribution in [3.8, 4) is 0 Å². The smallest absolute Gasteiger partial charge is 0.147 e. The molecule has 172 valence electrons. The van der Waals surface area contributed by atoms with E-state index < -0.39 is 0 Å². The molecule has 0 spiro atoms. The van der Waals surface area contributed by atoms with Crippen LogP contribution >= 0.6 is 0 Å². The van der Waals surface area contributed by atoms with E-state index >= 15 is 0 Å². The first-order valence-corrected chi connectivity index (χ1v) is 12.3. The maximum atomic E-state index is 11.0. The van der Waals surface area contributed by atoms with E-state index in [2.05, 4.69) is 6.92 Å². The van der Waals surface area contributed by atoms with Crippen molar-refractivity contribution in [3.05, 3.63) is 0 Å². The lowest BCUT2D eigenvalue weighted by atomic mass is 9.58. The summed E-state index contributed by atoms with van der Waals surface area (Å²) in [6, 6.07) is 0.459. The minimum absolute atomic E-state index is 0.188. The average molecular weight is 424 g/mol. The topological polar surface area (TPSA) is 60.4 Å². The Kier molecular flexibility index (Phi) is 6.19. The highest BCUT2D eigenvalue weighted by molar-refractivity contribution is 5.17. The number of hydrogen-bond donors (Lipinski definition) is 1. The number of rotatable bonds is 6. The second-order valence-corrected chi connectivity index (χ2v) is 10.8. The number of fused-ring (bicyclic) bond motifs is 9. The summed E-state index contributed by atoms with van der Waals surface area (Å²) in [6.45, 7) is 2.89. The summed E-state index contributed by atoms with van der Waals surface area (Å²) in [5, 5.41) is 12.7. The summed E-state index contributed by atoms with van der Waals surface area (Å²) in [5.74, 6) is 3.59. The molecule has 5 fully saturated rings. The van der Waals surface area contributed by atoms with Crippen LogP contribution in [0.3, 0.4) is 0 Å². The molecule has 4 aliphatic carbocycles. The fourth-order valence-electron chi connectivity index (χ4n) is 8.77. The molecule has 5 aliphatic rings. The van der Waals surface area contributed by atoms with E-state index in [1.54, 1.807) is 19.3 Å². The fourth-order valence-corrected chi connectivity index (χ4v) is 8.77. The van der Waals surface area contributed by atoms with Crippen LogP contribution in [0.25, 0.3) is 0 Å². The Morgan fingerprint density at radius 3 is 2.47 bits per heavy atom. The Bertz CT molecular complexity index is 604. The number of piperidine rings is 1.